The average molecular weight is 577 g/mol. The van der Waals surface area contributed by atoms with E-state index >= 15 is 0 Å². The molecular formula is C29H40N2O8S. The molecule has 0 radical (unpaired) electrons. The number of cyclic esters (lactones) is 1. The van der Waals surface area contributed by atoms with Crippen molar-refractivity contribution in [2.45, 2.75) is 64.6 Å². The summed E-state index contributed by atoms with van der Waals surface area (Å²) in [6.45, 7) is 7.70. The first kappa shape index (κ1) is 30.1. The molecule has 0 aliphatic carbocycles. The van der Waals surface area contributed by atoms with Gasteiger partial charge < -0.3 is 28.6 Å². The maximum Gasteiger partial charge on any atom is 0.410 e. The lowest BCUT2D eigenvalue weighted by atomic mass is 10.0. The Kier molecular flexibility index (Phi) is 10.3. The Morgan fingerprint density at radius 3 is 2.65 bits per heavy atom. The largest absolute Gasteiger partial charge is 0.463 e. The minimum absolute atomic E-state index is 0.272. The van der Waals surface area contributed by atoms with E-state index < -0.39 is 15.8 Å². The van der Waals surface area contributed by atoms with E-state index in [0.29, 0.717) is 51.8 Å². The van der Waals surface area contributed by atoms with Gasteiger partial charge in [0.1, 0.15) is 11.9 Å². The van der Waals surface area contributed by atoms with Crippen LogP contribution in [0.1, 0.15) is 62.3 Å². The zero-order valence-electron chi connectivity index (χ0n) is 23.5. The number of sulfonamides is 1. The first-order valence-electron chi connectivity index (χ1n) is 13.7. The van der Waals surface area contributed by atoms with Gasteiger partial charge in [0.15, 0.2) is 0 Å². The lowest BCUT2D eigenvalue weighted by Gasteiger charge is -2.32. The highest BCUT2D eigenvalue weighted by Gasteiger charge is 2.33. The molecule has 0 spiro atoms. The van der Waals surface area contributed by atoms with E-state index in [9.17, 15) is 13.2 Å². The topological polar surface area (TPSA) is 113 Å². The SMILES string of the molecule is CC1(C)OCc2cc([C@@H]3CN(CCCCCOCCCOCc4cccc(NS(C)(=O)=O)c4)C(=O)O3)ccc2O1. The molecular weight excluding hydrogens is 536 g/mol. The number of unbranched alkanes of at least 4 members (excludes halogenated alkanes) is 2. The number of hydrogen-bond acceptors (Lipinski definition) is 8. The number of nitrogens with one attached hydrogen (secondary N) is 1. The summed E-state index contributed by atoms with van der Waals surface area (Å²) in [5.74, 6) is 0.171. The Bertz CT molecular complexity index is 1250. The minimum atomic E-state index is -3.30. The van der Waals surface area contributed by atoms with Crippen molar-refractivity contribution in [3.63, 3.8) is 0 Å². The molecule has 40 heavy (non-hydrogen) atoms. The van der Waals surface area contributed by atoms with Gasteiger partial charge in [-0.1, -0.05) is 18.2 Å². The second-order valence-electron chi connectivity index (χ2n) is 10.6. The van der Waals surface area contributed by atoms with Crippen LogP contribution >= 0.6 is 0 Å². The zero-order chi connectivity index (χ0) is 28.6. The van der Waals surface area contributed by atoms with Gasteiger partial charge in [-0.2, -0.15) is 0 Å². The zero-order valence-corrected chi connectivity index (χ0v) is 24.3. The van der Waals surface area contributed by atoms with E-state index in [4.69, 9.17) is 23.7 Å². The van der Waals surface area contributed by atoms with Gasteiger partial charge in [-0.3, -0.25) is 4.72 Å². The quantitative estimate of drug-likeness (QED) is 0.295. The van der Waals surface area contributed by atoms with Gasteiger partial charge in [-0.15, -0.1) is 0 Å². The summed E-state index contributed by atoms with van der Waals surface area (Å²) in [7, 11) is -3.30. The fourth-order valence-electron chi connectivity index (χ4n) is 4.60. The molecule has 1 N–H and O–H groups in total. The number of amides is 1. The van der Waals surface area contributed by atoms with Gasteiger partial charge in [0.25, 0.3) is 0 Å². The minimum Gasteiger partial charge on any atom is -0.463 e. The number of ether oxygens (including phenoxy) is 5. The van der Waals surface area contributed by atoms with Crippen LogP contribution in [0.5, 0.6) is 5.75 Å². The summed E-state index contributed by atoms with van der Waals surface area (Å²) >= 11 is 0. The Morgan fingerprint density at radius 1 is 1.02 bits per heavy atom. The van der Waals surface area contributed by atoms with E-state index in [1.54, 1.807) is 23.1 Å². The second kappa shape index (κ2) is 13.7. The Balaban J connectivity index is 1.03. The van der Waals surface area contributed by atoms with Crippen molar-refractivity contribution < 1.29 is 36.9 Å². The molecule has 0 unspecified atom stereocenters. The fourth-order valence-corrected chi connectivity index (χ4v) is 5.15. The standard InChI is InChI=1S/C29H40N2O8S/c1-29(2)37-21-24-18-23(11-12-26(24)39-29)27-19-31(28(32)38-27)13-5-4-6-14-35-15-8-16-36-20-22-9-7-10-25(17-22)30-40(3,33)34/h7,9-12,17-18,27,30H,4-6,8,13-16,19-21H2,1-3H3/t27-/m0/s1. The van der Waals surface area contributed by atoms with Crippen LogP contribution in [0, 0.1) is 0 Å². The van der Waals surface area contributed by atoms with Crippen LogP contribution in [-0.4, -0.2) is 64.4 Å². The van der Waals surface area contributed by atoms with E-state index in [1.807, 2.05) is 38.1 Å². The summed E-state index contributed by atoms with van der Waals surface area (Å²) in [5.41, 5.74) is 3.35. The molecule has 1 amide bonds. The van der Waals surface area contributed by atoms with E-state index in [2.05, 4.69) is 4.72 Å². The Labute approximate surface area is 236 Å². The predicted octanol–water partition coefficient (Wildman–Crippen LogP) is 4.99. The molecule has 0 saturated carbocycles. The van der Waals surface area contributed by atoms with Gasteiger partial charge in [0.2, 0.25) is 15.8 Å². The van der Waals surface area contributed by atoms with Gasteiger partial charge in [-0.25, -0.2) is 13.2 Å². The molecule has 0 bridgehead atoms. The number of anilines is 1. The number of carbonyl (C=O) groups excluding carboxylic acids is 1. The van der Waals surface area contributed by atoms with Gasteiger partial charge in [0, 0.05) is 51.5 Å². The summed E-state index contributed by atoms with van der Waals surface area (Å²) in [6.07, 6.45) is 4.13. The molecule has 1 saturated heterocycles. The summed E-state index contributed by atoms with van der Waals surface area (Å²) in [6, 6.07) is 13.0. The Hall–Kier alpha value is -2.86. The lowest BCUT2D eigenvalue weighted by molar-refractivity contribution is -0.180. The van der Waals surface area contributed by atoms with Crippen LogP contribution in [-0.2, 0) is 42.2 Å². The molecule has 1 atom stereocenters. The van der Waals surface area contributed by atoms with Crippen molar-refractivity contribution >= 4 is 21.8 Å². The number of benzene rings is 2. The molecule has 2 aromatic rings. The number of carbonyl (C=O) groups is 1. The van der Waals surface area contributed by atoms with Gasteiger partial charge >= 0.3 is 6.09 Å². The van der Waals surface area contributed by atoms with Crippen LogP contribution in [0.4, 0.5) is 10.5 Å². The monoisotopic (exact) mass is 576 g/mol. The highest BCUT2D eigenvalue weighted by molar-refractivity contribution is 7.92. The van der Waals surface area contributed by atoms with Crippen LogP contribution in [0.15, 0.2) is 42.5 Å². The predicted molar refractivity (Wildman–Crippen MR) is 151 cm³/mol. The molecule has 2 aliphatic rings. The third-order valence-electron chi connectivity index (χ3n) is 6.57. The summed E-state index contributed by atoms with van der Waals surface area (Å²) in [5, 5.41) is 0. The van der Waals surface area contributed by atoms with Crippen molar-refractivity contribution in [1.82, 2.24) is 4.90 Å². The van der Waals surface area contributed by atoms with E-state index in [-0.39, 0.29) is 12.2 Å². The first-order valence-corrected chi connectivity index (χ1v) is 15.6. The van der Waals surface area contributed by atoms with Crippen LogP contribution in [0.2, 0.25) is 0 Å². The second-order valence-corrected chi connectivity index (χ2v) is 12.4. The van der Waals surface area contributed by atoms with Crippen LogP contribution in [0.3, 0.4) is 0 Å². The third-order valence-corrected chi connectivity index (χ3v) is 7.17. The normalized spacial score (nSPS) is 18.2. The molecule has 2 heterocycles. The fraction of sp³-hybridized carbons (Fsp3) is 0.552. The molecule has 1 fully saturated rings. The number of rotatable bonds is 15. The average Bonchev–Trinajstić information content (AvgIpc) is 3.26. The Morgan fingerprint density at radius 2 is 1.82 bits per heavy atom. The molecule has 0 aromatic heterocycles. The van der Waals surface area contributed by atoms with Crippen LogP contribution in [0.25, 0.3) is 0 Å². The number of nitrogens with zero attached hydrogens (tertiary/aromatic N) is 1. The summed E-state index contributed by atoms with van der Waals surface area (Å²) < 4.78 is 53.8. The van der Waals surface area contributed by atoms with Gasteiger partial charge in [-0.05, 0) is 61.1 Å². The molecule has 220 valence electrons. The van der Waals surface area contributed by atoms with E-state index in [0.717, 1.165) is 54.4 Å². The number of fused-ring (bicyclic) bond motifs is 1. The molecule has 2 aliphatic heterocycles. The maximum absolute atomic E-state index is 12.4. The third kappa shape index (κ3) is 9.36. The maximum atomic E-state index is 12.4. The van der Waals surface area contributed by atoms with Crippen LogP contribution < -0.4 is 9.46 Å². The lowest BCUT2D eigenvalue weighted by Crippen LogP contribution is -2.35. The van der Waals surface area contributed by atoms with Crippen molar-refractivity contribution in [3.05, 3.63) is 59.2 Å². The first-order chi connectivity index (χ1) is 19.1. The smallest absolute Gasteiger partial charge is 0.410 e. The number of hydrogen-bond donors (Lipinski definition) is 1. The molecule has 4 rings (SSSR count). The van der Waals surface area contributed by atoms with Crippen molar-refractivity contribution in [2.75, 3.05) is 43.9 Å². The molecule has 10 nitrogen and oxygen atoms in total. The van der Waals surface area contributed by atoms with Gasteiger partial charge in [0.05, 0.1) is 26.0 Å². The molecule has 2 aromatic carbocycles. The van der Waals surface area contributed by atoms with Crippen molar-refractivity contribution in [3.8, 4) is 5.75 Å². The van der Waals surface area contributed by atoms with Crippen molar-refractivity contribution in [2.24, 2.45) is 0 Å². The molecule has 11 heteroatoms. The summed E-state index contributed by atoms with van der Waals surface area (Å²) in [4.78, 5) is 14.1. The highest BCUT2D eigenvalue weighted by Crippen LogP contribution is 2.35. The van der Waals surface area contributed by atoms with Crippen molar-refractivity contribution in [1.29, 1.82) is 0 Å². The highest BCUT2D eigenvalue weighted by atomic mass is 32.2. The van der Waals surface area contributed by atoms with E-state index in [1.165, 1.54) is 0 Å².